The van der Waals surface area contributed by atoms with Crippen molar-refractivity contribution in [1.82, 2.24) is 15.7 Å². The van der Waals surface area contributed by atoms with Gasteiger partial charge in [0.2, 0.25) is 11.5 Å². The third kappa shape index (κ3) is 3.21. The van der Waals surface area contributed by atoms with Gasteiger partial charge in [-0.25, -0.2) is 10.1 Å². The quantitative estimate of drug-likeness (QED) is 0.663. The molecule has 0 atom stereocenters. The second-order valence-corrected chi connectivity index (χ2v) is 4.21. The first-order chi connectivity index (χ1) is 9.08. The van der Waals surface area contributed by atoms with Gasteiger partial charge in [0.25, 0.3) is 5.91 Å². The minimum Gasteiger partial charge on any atom is -0.379 e. The third-order valence-electron chi connectivity index (χ3n) is 2.06. The van der Waals surface area contributed by atoms with Gasteiger partial charge < -0.3 is 5.73 Å². The number of anilines is 1. The molecule has 0 spiro atoms. The summed E-state index contributed by atoms with van der Waals surface area (Å²) in [7, 11) is 0. The van der Waals surface area contributed by atoms with Crippen molar-refractivity contribution in [3.8, 4) is 0 Å². The van der Waals surface area contributed by atoms with Crippen molar-refractivity contribution in [2.24, 2.45) is 5.10 Å². The summed E-state index contributed by atoms with van der Waals surface area (Å²) in [6, 6.07) is 4.87. The molecular weight excluding hydrogens is 293 g/mol. The average Bonchev–Trinajstić information content (AvgIpc) is 2.78. The molecule has 1 aromatic carbocycles. The SMILES string of the molecule is Nc1nonc1C(=O)N/N=C\c1ccc(Cl)cc1Cl. The van der Waals surface area contributed by atoms with E-state index in [1.54, 1.807) is 18.2 Å². The van der Waals surface area contributed by atoms with E-state index >= 15 is 0 Å². The molecule has 1 amide bonds. The van der Waals surface area contributed by atoms with Gasteiger partial charge in [-0.3, -0.25) is 4.79 Å². The number of aromatic nitrogens is 2. The number of nitrogens with zero attached hydrogens (tertiary/aromatic N) is 3. The Morgan fingerprint density at radius 3 is 2.84 bits per heavy atom. The van der Waals surface area contributed by atoms with Crippen molar-refractivity contribution in [1.29, 1.82) is 0 Å². The number of amides is 1. The molecule has 0 unspecified atom stereocenters. The number of carbonyl (C=O) groups excluding carboxylic acids is 1. The smallest absolute Gasteiger partial charge is 0.297 e. The Hall–Kier alpha value is -2.12. The molecule has 0 aliphatic rings. The lowest BCUT2D eigenvalue weighted by molar-refractivity contribution is 0.0946. The Kier molecular flexibility index (Phi) is 3.98. The zero-order valence-electron chi connectivity index (χ0n) is 9.30. The van der Waals surface area contributed by atoms with Crippen LogP contribution in [0.25, 0.3) is 0 Å². The van der Waals surface area contributed by atoms with Crippen LogP contribution in [0.5, 0.6) is 0 Å². The highest BCUT2D eigenvalue weighted by Gasteiger charge is 2.14. The highest BCUT2D eigenvalue weighted by atomic mass is 35.5. The molecule has 2 rings (SSSR count). The predicted molar refractivity (Wildman–Crippen MR) is 70.2 cm³/mol. The van der Waals surface area contributed by atoms with E-state index in [2.05, 4.69) is 25.5 Å². The van der Waals surface area contributed by atoms with Gasteiger partial charge in [-0.15, -0.1) is 0 Å². The van der Waals surface area contributed by atoms with Crippen LogP contribution < -0.4 is 11.2 Å². The van der Waals surface area contributed by atoms with Crippen LogP contribution in [0, 0.1) is 0 Å². The molecule has 1 aromatic heterocycles. The molecular formula is C10H7Cl2N5O2. The standard InChI is InChI=1S/C10H7Cl2N5O2/c11-6-2-1-5(7(12)3-6)4-14-15-10(18)8-9(13)17-19-16-8/h1-4H,(H2,13,17)(H,15,18)/b14-4-. The van der Waals surface area contributed by atoms with Crippen LogP contribution in [-0.4, -0.2) is 22.4 Å². The highest BCUT2D eigenvalue weighted by molar-refractivity contribution is 6.36. The van der Waals surface area contributed by atoms with E-state index in [-0.39, 0.29) is 11.5 Å². The number of rotatable bonds is 3. The van der Waals surface area contributed by atoms with Crippen LogP contribution >= 0.6 is 23.2 Å². The van der Waals surface area contributed by atoms with Crippen molar-refractivity contribution >= 4 is 41.1 Å². The average molecular weight is 300 g/mol. The van der Waals surface area contributed by atoms with Crippen molar-refractivity contribution in [3.05, 3.63) is 39.5 Å². The van der Waals surface area contributed by atoms with Crippen LogP contribution in [0.1, 0.15) is 16.1 Å². The minimum absolute atomic E-state index is 0.114. The summed E-state index contributed by atoms with van der Waals surface area (Å²) >= 11 is 11.7. The summed E-state index contributed by atoms with van der Waals surface area (Å²) in [6.07, 6.45) is 1.36. The van der Waals surface area contributed by atoms with Crippen molar-refractivity contribution in [3.63, 3.8) is 0 Å². The summed E-state index contributed by atoms with van der Waals surface area (Å²) in [5.74, 6) is -0.752. The zero-order valence-corrected chi connectivity index (χ0v) is 10.8. The molecule has 0 fully saturated rings. The second kappa shape index (κ2) is 5.68. The molecule has 19 heavy (non-hydrogen) atoms. The van der Waals surface area contributed by atoms with E-state index in [1.807, 2.05) is 0 Å². The Morgan fingerprint density at radius 2 is 2.21 bits per heavy atom. The summed E-state index contributed by atoms with van der Waals surface area (Å²) in [6.45, 7) is 0. The molecule has 0 bridgehead atoms. The van der Waals surface area contributed by atoms with Crippen molar-refractivity contribution in [2.75, 3.05) is 5.73 Å². The monoisotopic (exact) mass is 299 g/mol. The normalized spacial score (nSPS) is 10.8. The van der Waals surface area contributed by atoms with Crippen LogP contribution in [0.15, 0.2) is 27.9 Å². The Morgan fingerprint density at radius 1 is 1.42 bits per heavy atom. The van der Waals surface area contributed by atoms with Crippen LogP contribution in [0.2, 0.25) is 10.0 Å². The van der Waals surface area contributed by atoms with Gasteiger partial charge >= 0.3 is 0 Å². The van der Waals surface area contributed by atoms with Crippen LogP contribution in [0.4, 0.5) is 5.82 Å². The highest BCUT2D eigenvalue weighted by Crippen LogP contribution is 2.19. The van der Waals surface area contributed by atoms with Crippen LogP contribution in [0.3, 0.4) is 0 Å². The van der Waals surface area contributed by atoms with E-state index in [9.17, 15) is 4.79 Å². The maximum atomic E-state index is 11.5. The number of nitrogen functional groups attached to an aromatic ring is 1. The zero-order chi connectivity index (χ0) is 13.8. The molecule has 7 nitrogen and oxygen atoms in total. The fourth-order valence-corrected chi connectivity index (χ4v) is 1.63. The van der Waals surface area contributed by atoms with Crippen molar-refractivity contribution in [2.45, 2.75) is 0 Å². The molecule has 98 valence electrons. The molecule has 0 saturated heterocycles. The third-order valence-corrected chi connectivity index (χ3v) is 2.62. The Bertz CT molecular complexity index is 641. The maximum absolute atomic E-state index is 11.5. The predicted octanol–water partition coefficient (Wildman–Crippen LogP) is 1.72. The van der Waals surface area contributed by atoms with Gasteiger partial charge in [0.15, 0.2) is 0 Å². The molecule has 0 radical (unpaired) electrons. The van der Waals surface area contributed by atoms with Gasteiger partial charge in [-0.1, -0.05) is 29.3 Å². The maximum Gasteiger partial charge on any atom is 0.297 e. The molecule has 0 saturated carbocycles. The number of nitrogens with one attached hydrogen (secondary N) is 1. The lowest BCUT2D eigenvalue weighted by Gasteiger charge is -1.98. The van der Waals surface area contributed by atoms with E-state index in [0.29, 0.717) is 15.6 Å². The first-order valence-corrected chi connectivity index (χ1v) is 5.70. The van der Waals surface area contributed by atoms with Gasteiger partial charge in [0, 0.05) is 10.6 Å². The topological polar surface area (TPSA) is 106 Å². The fraction of sp³-hybridized carbons (Fsp3) is 0. The van der Waals surface area contributed by atoms with E-state index in [1.165, 1.54) is 6.21 Å². The summed E-state index contributed by atoms with van der Waals surface area (Å²) in [5.41, 5.74) is 8.02. The van der Waals surface area contributed by atoms with Crippen LogP contribution in [-0.2, 0) is 0 Å². The minimum atomic E-state index is -0.639. The fourth-order valence-electron chi connectivity index (χ4n) is 1.17. The number of halogens is 2. The van der Waals surface area contributed by atoms with Gasteiger partial charge in [-0.05, 0) is 22.4 Å². The van der Waals surface area contributed by atoms with E-state index in [0.717, 1.165) is 0 Å². The first-order valence-electron chi connectivity index (χ1n) is 4.94. The van der Waals surface area contributed by atoms with Gasteiger partial charge in [0.1, 0.15) is 0 Å². The number of benzene rings is 1. The number of hydrazone groups is 1. The lowest BCUT2D eigenvalue weighted by atomic mass is 10.2. The largest absolute Gasteiger partial charge is 0.379 e. The van der Waals surface area contributed by atoms with Gasteiger partial charge in [-0.2, -0.15) is 5.10 Å². The molecule has 0 aliphatic carbocycles. The van der Waals surface area contributed by atoms with E-state index < -0.39 is 5.91 Å². The number of carbonyl (C=O) groups is 1. The van der Waals surface area contributed by atoms with Crippen molar-refractivity contribution < 1.29 is 9.42 Å². The molecule has 1 heterocycles. The lowest BCUT2D eigenvalue weighted by Crippen LogP contribution is -2.19. The number of hydrogen-bond donors (Lipinski definition) is 2. The number of hydrogen-bond acceptors (Lipinski definition) is 6. The molecule has 3 N–H and O–H groups in total. The molecule has 0 aliphatic heterocycles. The van der Waals surface area contributed by atoms with Gasteiger partial charge in [0.05, 0.1) is 11.2 Å². The first kappa shape index (κ1) is 13.3. The summed E-state index contributed by atoms with van der Waals surface area (Å²) in [5, 5.41) is 11.2. The Labute approximate surface area is 117 Å². The molecule has 9 heteroatoms. The summed E-state index contributed by atoms with van der Waals surface area (Å²) in [4.78, 5) is 11.5. The second-order valence-electron chi connectivity index (χ2n) is 3.36. The summed E-state index contributed by atoms with van der Waals surface area (Å²) < 4.78 is 4.29. The number of nitrogens with two attached hydrogens (primary N) is 1. The Balaban J connectivity index is 2.04. The molecule has 2 aromatic rings. The van der Waals surface area contributed by atoms with E-state index in [4.69, 9.17) is 28.9 Å².